The van der Waals surface area contributed by atoms with Crippen LogP contribution in [0.4, 0.5) is 0 Å². The lowest BCUT2D eigenvalue weighted by atomic mass is 9.93. The van der Waals surface area contributed by atoms with E-state index < -0.39 is 25.3 Å². The van der Waals surface area contributed by atoms with E-state index in [0.717, 1.165) is 17.9 Å². The summed E-state index contributed by atoms with van der Waals surface area (Å²) in [6, 6.07) is 18.7. The van der Waals surface area contributed by atoms with Gasteiger partial charge in [-0.25, -0.2) is 0 Å². The van der Waals surface area contributed by atoms with Gasteiger partial charge in [-0.2, -0.15) is 0 Å². The minimum absolute atomic E-state index is 0.108. The van der Waals surface area contributed by atoms with Crippen LogP contribution >= 0.6 is 7.26 Å². The van der Waals surface area contributed by atoms with Gasteiger partial charge in [-0.15, -0.1) is 0 Å². The van der Waals surface area contributed by atoms with E-state index in [1.54, 1.807) is 13.8 Å². The second kappa shape index (κ2) is 12.3. The summed E-state index contributed by atoms with van der Waals surface area (Å²) in [5.41, 5.74) is 2.25. The minimum atomic E-state index is -1.28. The van der Waals surface area contributed by atoms with Crippen LogP contribution in [0.3, 0.4) is 0 Å². The third kappa shape index (κ3) is 8.57. The molecule has 0 radical (unpaired) electrons. The molecular weight excluding hydrogens is 435 g/mol. The summed E-state index contributed by atoms with van der Waals surface area (Å²) in [4.78, 5) is 24.5. The number of aliphatic hydroxyl groups is 1. The molecule has 2 aromatic rings. The third-order valence-corrected chi connectivity index (χ3v) is 8.29. The molecule has 5 nitrogen and oxygen atoms in total. The quantitative estimate of drug-likeness (QED) is 0.335. The van der Waals surface area contributed by atoms with Crippen LogP contribution in [0.2, 0.25) is 0 Å². The fraction of sp³-hybridized carbons (Fsp3) is 0.481. The number of aliphatic hydroxyl groups excluding tert-OH is 1. The predicted octanol–water partition coefficient (Wildman–Crippen LogP) is 5.30. The molecular formula is C27H38O5P+. The van der Waals surface area contributed by atoms with Gasteiger partial charge in [-0.1, -0.05) is 68.4 Å². The Morgan fingerprint density at radius 2 is 1.48 bits per heavy atom. The van der Waals surface area contributed by atoms with Gasteiger partial charge in [-0.3, -0.25) is 9.59 Å². The van der Waals surface area contributed by atoms with E-state index in [0.29, 0.717) is 6.42 Å². The van der Waals surface area contributed by atoms with E-state index in [2.05, 4.69) is 49.7 Å². The molecule has 0 aromatic heterocycles. The Morgan fingerprint density at radius 1 is 0.939 bits per heavy atom. The molecule has 1 N–H and O–H groups in total. The standard InChI is InChI=1S/C27H38O5P/c1-6-21(2)25(29)32-20-27(3,19-28)26(30)31-16-22-12-14-24(15-13-22)18-33(4,5)17-23-10-8-7-9-11-23/h7-15,21,28H,6,16-20H2,1-5H3/q+1. The number of rotatable bonds is 12. The third-order valence-electron chi connectivity index (χ3n) is 5.85. The van der Waals surface area contributed by atoms with E-state index >= 15 is 0 Å². The van der Waals surface area contributed by atoms with Crippen LogP contribution in [0.25, 0.3) is 0 Å². The summed E-state index contributed by atoms with van der Waals surface area (Å²) < 4.78 is 10.7. The highest BCUT2D eigenvalue weighted by Crippen LogP contribution is 2.57. The van der Waals surface area contributed by atoms with Crippen molar-refractivity contribution in [1.82, 2.24) is 0 Å². The molecule has 0 aliphatic heterocycles. The fourth-order valence-electron chi connectivity index (χ4n) is 3.40. The summed E-state index contributed by atoms with van der Waals surface area (Å²) >= 11 is 0. The van der Waals surface area contributed by atoms with Gasteiger partial charge >= 0.3 is 11.9 Å². The Hall–Kier alpha value is -2.23. The Bertz CT molecular complexity index is 894. The van der Waals surface area contributed by atoms with E-state index in [-0.39, 0.29) is 25.1 Å². The highest BCUT2D eigenvalue weighted by atomic mass is 31.2. The first-order chi connectivity index (χ1) is 15.6. The lowest BCUT2D eigenvalue weighted by Gasteiger charge is -2.25. The van der Waals surface area contributed by atoms with Gasteiger partial charge in [0.25, 0.3) is 0 Å². The highest BCUT2D eigenvalue weighted by Gasteiger charge is 2.36. The van der Waals surface area contributed by atoms with Crippen molar-refractivity contribution < 1.29 is 24.2 Å². The number of hydrogen-bond donors (Lipinski definition) is 1. The topological polar surface area (TPSA) is 72.8 Å². The van der Waals surface area contributed by atoms with Crippen LogP contribution in [-0.2, 0) is 38.0 Å². The van der Waals surface area contributed by atoms with Crippen LogP contribution in [-0.4, -0.2) is 43.6 Å². The second-order valence-corrected chi connectivity index (χ2v) is 14.3. The van der Waals surface area contributed by atoms with Gasteiger partial charge in [-0.05, 0) is 30.0 Å². The zero-order chi connectivity index (χ0) is 24.5. The zero-order valence-electron chi connectivity index (χ0n) is 20.5. The molecule has 180 valence electrons. The van der Waals surface area contributed by atoms with Crippen molar-refractivity contribution in [3.8, 4) is 0 Å². The van der Waals surface area contributed by atoms with Gasteiger partial charge in [0.15, 0.2) is 0 Å². The predicted molar refractivity (Wildman–Crippen MR) is 134 cm³/mol. The first kappa shape index (κ1) is 27.0. The van der Waals surface area contributed by atoms with Crippen molar-refractivity contribution in [1.29, 1.82) is 0 Å². The number of ether oxygens (including phenoxy) is 2. The molecule has 2 rings (SSSR count). The second-order valence-electron chi connectivity index (χ2n) is 9.77. The normalized spacial score (nSPS) is 14.2. The first-order valence-corrected chi connectivity index (χ1v) is 14.5. The molecule has 33 heavy (non-hydrogen) atoms. The minimum Gasteiger partial charge on any atom is -0.464 e. The summed E-state index contributed by atoms with van der Waals surface area (Å²) in [5.74, 6) is -1.21. The number of carbonyl (C=O) groups excluding carboxylic acids is 2. The smallest absolute Gasteiger partial charge is 0.317 e. The first-order valence-electron chi connectivity index (χ1n) is 11.5. The lowest BCUT2D eigenvalue weighted by molar-refractivity contribution is -0.168. The number of hydrogen-bond acceptors (Lipinski definition) is 5. The van der Waals surface area contributed by atoms with Crippen molar-refractivity contribution in [3.05, 3.63) is 71.3 Å². The molecule has 2 unspecified atom stereocenters. The number of esters is 2. The molecule has 0 saturated carbocycles. The summed E-state index contributed by atoms with van der Waals surface area (Å²) in [7, 11) is -1.14. The monoisotopic (exact) mass is 473 g/mol. The zero-order valence-corrected chi connectivity index (χ0v) is 21.4. The number of benzene rings is 2. The van der Waals surface area contributed by atoms with Crippen molar-refractivity contribution >= 4 is 19.2 Å². The van der Waals surface area contributed by atoms with Crippen LogP contribution < -0.4 is 0 Å². The average molecular weight is 474 g/mol. The molecule has 2 atom stereocenters. The van der Waals surface area contributed by atoms with Gasteiger partial charge < -0.3 is 14.6 Å². The SMILES string of the molecule is CCC(C)C(=O)OCC(C)(CO)C(=O)OCc1ccc(C[P+](C)(C)Cc2ccccc2)cc1. The Labute approximate surface area is 198 Å². The van der Waals surface area contributed by atoms with Crippen LogP contribution in [0, 0.1) is 11.3 Å². The molecule has 0 spiro atoms. The van der Waals surface area contributed by atoms with E-state index in [9.17, 15) is 14.7 Å². The highest BCUT2D eigenvalue weighted by molar-refractivity contribution is 7.72. The lowest BCUT2D eigenvalue weighted by Crippen LogP contribution is -2.39. The van der Waals surface area contributed by atoms with Crippen LogP contribution in [0.5, 0.6) is 0 Å². The van der Waals surface area contributed by atoms with Crippen molar-refractivity contribution in [2.75, 3.05) is 26.5 Å². The summed E-state index contributed by atoms with van der Waals surface area (Å²) in [6.07, 6.45) is 2.81. The van der Waals surface area contributed by atoms with Crippen LogP contribution in [0.15, 0.2) is 54.6 Å². The van der Waals surface area contributed by atoms with Crippen molar-refractivity contribution in [2.45, 2.75) is 46.1 Å². The largest absolute Gasteiger partial charge is 0.464 e. The molecule has 0 heterocycles. The van der Waals surface area contributed by atoms with Gasteiger partial charge in [0.05, 0.1) is 24.8 Å². The Kier molecular flexibility index (Phi) is 10.1. The number of carbonyl (C=O) groups is 2. The Balaban J connectivity index is 1.89. The van der Waals surface area contributed by atoms with E-state index in [1.807, 2.05) is 25.1 Å². The Morgan fingerprint density at radius 3 is 2.03 bits per heavy atom. The van der Waals surface area contributed by atoms with Crippen LogP contribution in [0.1, 0.15) is 43.9 Å². The molecule has 0 aliphatic carbocycles. The average Bonchev–Trinajstić information content (AvgIpc) is 2.81. The van der Waals surface area contributed by atoms with Gasteiger partial charge in [0.2, 0.25) is 0 Å². The molecule has 0 bridgehead atoms. The van der Waals surface area contributed by atoms with Gasteiger partial charge in [0, 0.05) is 20.6 Å². The maximum atomic E-state index is 12.6. The van der Waals surface area contributed by atoms with E-state index in [1.165, 1.54) is 11.1 Å². The maximum Gasteiger partial charge on any atom is 0.317 e. The molecule has 0 amide bonds. The molecule has 0 fully saturated rings. The summed E-state index contributed by atoms with van der Waals surface area (Å²) in [6.45, 7) is 9.40. The van der Waals surface area contributed by atoms with Crippen molar-refractivity contribution in [2.24, 2.45) is 11.3 Å². The molecule has 6 heteroatoms. The molecule has 2 aromatic carbocycles. The molecule has 0 saturated heterocycles. The summed E-state index contributed by atoms with van der Waals surface area (Å²) in [5, 5.41) is 9.72. The van der Waals surface area contributed by atoms with Crippen molar-refractivity contribution in [3.63, 3.8) is 0 Å². The molecule has 0 aliphatic rings. The van der Waals surface area contributed by atoms with E-state index in [4.69, 9.17) is 9.47 Å². The fourth-order valence-corrected chi connectivity index (χ4v) is 5.91. The van der Waals surface area contributed by atoms with Gasteiger partial charge in [0.1, 0.15) is 18.6 Å². The maximum absolute atomic E-state index is 12.6.